The molecule has 0 aliphatic heterocycles. The minimum absolute atomic E-state index is 0.188. The Kier molecular flexibility index (Phi) is 3.47. The van der Waals surface area contributed by atoms with Gasteiger partial charge in [0.25, 0.3) is 0 Å². The molecule has 0 heterocycles. The zero-order valence-electron chi connectivity index (χ0n) is 10.4. The predicted molar refractivity (Wildman–Crippen MR) is 69.0 cm³/mol. The van der Waals surface area contributed by atoms with Crippen molar-refractivity contribution < 1.29 is 9.59 Å². The normalized spacial score (nSPS) is 28.1. The summed E-state index contributed by atoms with van der Waals surface area (Å²) in [7, 11) is 0. The quantitative estimate of drug-likeness (QED) is 0.621. The lowest BCUT2D eigenvalue weighted by molar-refractivity contribution is -0.138. The molecule has 6 heteroatoms. The van der Waals surface area contributed by atoms with Crippen LogP contribution < -0.4 is 16.8 Å². The molecular formula is C11H19N3O2S. The van der Waals surface area contributed by atoms with Gasteiger partial charge in [0.2, 0.25) is 11.8 Å². The third-order valence-corrected chi connectivity index (χ3v) is 3.73. The van der Waals surface area contributed by atoms with E-state index < -0.39 is 16.9 Å². The molecule has 1 aliphatic carbocycles. The first kappa shape index (κ1) is 13.9. The average molecular weight is 257 g/mol. The van der Waals surface area contributed by atoms with Gasteiger partial charge in [-0.3, -0.25) is 9.59 Å². The lowest BCUT2D eigenvalue weighted by atomic mass is 9.61. The second-order valence-electron chi connectivity index (χ2n) is 5.40. The van der Waals surface area contributed by atoms with Crippen molar-refractivity contribution in [2.45, 2.75) is 39.2 Å². The largest absolute Gasteiger partial charge is 0.392 e. The molecule has 0 spiro atoms. The van der Waals surface area contributed by atoms with E-state index in [0.29, 0.717) is 18.8 Å². The van der Waals surface area contributed by atoms with Gasteiger partial charge in [-0.2, -0.15) is 0 Å². The number of hydrogen-bond donors (Lipinski definition) is 3. The third kappa shape index (κ3) is 2.41. The van der Waals surface area contributed by atoms with Gasteiger partial charge in [0.1, 0.15) is 5.54 Å². The van der Waals surface area contributed by atoms with Crippen LogP contribution in [0.3, 0.4) is 0 Å². The third-order valence-electron chi connectivity index (χ3n) is 3.34. The van der Waals surface area contributed by atoms with Gasteiger partial charge in [-0.25, -0.2) is 0 Å². The molecule has 5 N–H and O–H groups in total. The van der Waals surface area contributed by atoms with Gasteiger partial charge in [0.15, 0.2) is 0 Å². The maximum atomic E-state index is 12.2. The molecule has 1 saturated carbocycles. The second kappa shape index (κ2) is 4.25. The van der Waals surface area contributed by atoms with Crippen LogP contribution in [0, 0.1) is 11.3 Å². The van der Waals surface area contributed by atoms with Crippen molar-refractivity contribution in [1.82, 2.24) is 5.32 Å². The fourth-order valence-corrected chi connectivity index (χ4v) is 2.35. The molecule has 0 aromatic carbocycles. The van der Waals surface area contributed by atoms with Crippen LogP contribution >= 0.6 is 12.2 Å². The molecule has 0 radical (unpaired) electrons. The van der Waals surface area contributed by atoms with E-state index in [1.54, 1.807) is 13.8 Å². The van der Waals surface area contributed by atoms with E-state index in [9.17, 15) is 9.59 Å². The Morgan fingerprint density at radius 1 is 1.35 bits per heavy atom. The van der Waals surface area contributed by atoms with E-state index in [4.69, 9.17) is 23.7 Å². The summed E-state index contributed by atoms with van der Waals surface area (Å²) in [6.45, 7) is 5.15. The van der Waals surface area contributed by atoms with Crippen LogP contribution in [0.2, 0.25) is 0 Å². The molecule has 1 aliphatic rings. The Bertz CT molecular complexity index is 373. The maximum absolute atomic E-state index is 12.2. The van der Waals surface area contributed by atoms with Gasteiger partial charge in [-0.05, 0) is 32.6 Å². The molecule has 17 heavy (non-hydrogen) atoms. The number of primary amides is 1. The Morgan fingerprint density at radius 3 is 2.12 bits per heavy atom. The van der Waals surface area contributed by atoms with E-state index in [1.807, 2.05) is 6.92 Å². The highest BCUT2D eigenvalue weighted by molar-refractivity contribution is 7.80. The Labute approximate surface area is 106 Å². The number of nitrogens with one attached hydrogen (secondary N) is 1. The summed E-state index contributed by atoms with van der Waals surface area (Å²) in [5.41, 5.74) is 8.96. The standard InChI is InChI=1S/C11H19N3O2S/c1-6-4-11(5-6,8(13)17)9(16)14-10(2,3)7(12)15/h6H,4-5H2,1-3H3,(H2,12,15)(H2,13,17)(H,14,16). The first-order chi connectivity index (χ1) is 7.62. The highest BCUT2D eigenvalue weighted by Gasteiger charge is 2.52. The Hall–Kier alpha value is -1.17. The van der Waals surface area contributed by atoms with Gasteiger partial charge in [-0.15, -0.1) is 0 Å². The van der Waals surface area contributed by atoms with Crippen molar-refractivity contribution in [1.29, 1.82) is 0 Å². The van der Waals surface area contributed by atoms with Crippen molar-refractivity contribution in [3.8, 4) is 0 Å². The van der Waals surface area contributed by atoms with Gasteiger partial charge in [0.05, 0.1) is 10.4 Å². The predicted octanol–water partition coefficient (Wildman–Crippen LogP) is 0.0689. The molecule has 2 amide bonds. The first-order valence-corrected chi connectivity index (χ1v) is 5.95. The summed E-state index contributed by atoms with van der Waals surface area (Å²) in [4.78, 5) is 23.5. The highest BCUT2D eigenvalue weighted by Crippen LogP contribution is 2.46. The summed E-state index contributed by atoms with van der Waals surface area (Å²) in [5.74, 6) is -0.470. The lowest BCUT2D eigenvalue weighted by Gasteiger charge is -2.45. The number of hydrogen-bond acceptors (Lipinski definition) is 3. The van der Waals surface area contributed by atoms with Gasteiger partial charge >= 0.3 is 0 Å². The van der Waals surface area contributed by atoms with Crippen molar-refractivity contribution >= 4 is 29.0 Å². The van der Waals surface area contributed by atoms with Gasteiger partial charge < -0.3 is 16.8 Å². The van der Waals surface area contributed by atoms with Crippen LogP contribution in [0.5, 0.6) is 0 Å². The monoisotopic (exact) mass is 257 g/mol. The van der Waals surface area contributed by atoms with Crippen molar-refractivity contribution in [2.75, 3.05) is 0 Å². The van der Waals surface area contributed by atoms with E-state index in [1.165, 1.54) is 0 Å². The number of carbonyl (C=O) groups excluding carboxylic acids is 2. The molecule has 0 saturated heterocycles. The van der Waals surface area contributed by atoms with Crippen LogP contribution in [-0.2, 0) is 9.59 Å². The minimum atomic E-state index is -1.09. The Morgan fingerprint density at radius 2 is 1.82 bits per heavy atom. The maximum Gasteiger partial charge on any atom is 0.242 e. The Balaban J connectivity index is 2.83. The van der Waals surface area contributed by atoms with Crippen LogP contribution in [0.4, 0.5) is 0 Å². The highest BCUT2D eigenvalue weighted by atomic mass is 32.1. The van der Waals surface area contributed by atoms with Crippen LogP contribution in [-0.4, -0.2) is 22.3 Å². The molecule has 0 unspecified atom stereocenters. The lowest BCUT2D eigenvalue weighted by Crippen LogP contribution is -2.62. The summed E-state index contributed by atoms with van der Waals surface area (Å²) < 4.78 is 0. The fourth-order valence-electron chi connectivity index (χ4n) is 2.09. The van der Waals surface area contributed by atoms with E-state index >= 15 is 0 Å². The number of carbonyl (C=O) groups is 2. The van der Waals surface area contributed by atoms with Crippen LogP contribution in [0.1, 0.15) is 33.6 Å². The van der Waals surface area contributed by atoms with Crippen LogP contribution in [0.25, 0.3) is 0 Å². The van der Waals surface area contributed by atoms with E-state index in [-0.39, 0.29) is 10.9 Å². The molecule has 0 atom stereocenters. The topological polar surface area (TPSA) is 98.2 Å². The summed E-state index contributed by atoms with van der Waals surface area (Å²) in [6.07, 6.45) is 1.26. The fraction of sp³-hybridized carbons (Fsp3) is 0.727. The molecule has 0 aromatic heterocycles. The van der Waals surface area contributed by atoms with E-state index in [0.717, 1.165) is 0 Å². The average Bonchev–Trinajstić information content (AvgIpc) is 2.10. The molecule has 0 aromatic rings. The smallest absolute Gasteiger partial charge is 0.242 e. The van der Waals surface area contributed by atoms with E-state index in [2.05, 4.69) is 5.32 Å². The first-order valence-electron chi connectivity index (χ1n) is 5.54. The SMILES string of the molecule is CC1CC(C(=O)NC(C)(C)C(N)=O)(C(N)=S)C1. The number of thiocarbonyl (C=S) groups is 1. The van der Waals surface area contributed by atoms with Crippen molar-refractivity contribution in [2.24, 2.45) is 22.8 Å². The summed E-state index contributed by atoms with van der Waals surface area (Å²) in [6, 6.07) is 0. The summed E-state index contributed by atoms with van der Waals surface area (Å²) in [5, 5.41) is 2.62. The summed E-state index contributed by atoms with van der Waals surface area (Å²) >= 11 is 4.97. The molecule has 1 rings (SSSR count). The van der Waals surface area contributed by atoms with Crippen molar-refractivity contribution in [3.63, 3.8) is 0 Å². The van der Waals surface area contributed by atoms with Gasteiger partial charge in [-0.1, -0.05) is 19.1 Å². The zero-order chi connectivity index (χ0) is 13.4. The molecule has 1 fully saturated rings. The van der Waals surface area contributed by atoms with Crippen LogP contribution in [0.15, 0.2) is 0 Å². The van der Waals surface area contributed by atoms with Crippen molar-refractivity contribution in [3.05, 3.63) is 0 Å². The number of amides is 2. The molecule has 0 bridgehead atoms. The molecule has 96 valence electrons. The second-order valence-corrected chi connectivity index (χ2v) is 5.84. The van der Waals surface area contributed by atoms with Gasteiger partial charge in [0, 0.05) is 0 Å². The number of nitrogens with two attached hydrogens (primary N) is 2. The molecule has 5 nitrogen and oxygen atoms in total. The number of rotatable bonds is 4. The minimum Gasteiger partial charge on any atom is -0.392 e. The molecular weight excluding hydrogens is 238 g/mol. The zero-order valence-corrected chi connectivity index (χ0v) is 11.2.